The minimum atomic E-state index is -0.934. The second-order valence-corrected chi connectivity index (χ2v) is 3.88. The molecule has 6 heteroatoms. The summed E-state index contributed by atoms with van der Waals surface area (Å²) in [7, 11) is 0. The maximum atomic E-state index is 11.6. The van der Waals surface area contributed by atoms with Gasteiger partial charge < -0.3 is 14.8 Å². The van der Waals surface area contributed by atoms with E-state index in [1.54, 1.807) is 0 Å². The van der Waals surface area contributed by atoms with Crippen molar-refractivity contribution in [3.8, 4) is 0 Å². The van der Waals surface area contributed by atoms with Crippen molar-refractivity contribution in [3.05, 3.63) is 34.4 Å². The lowest BCUT2D eigenvalue weighted by molar-refractivity contribution is -0.141. The summed E-state index contributed by atoms with van der Waals surface area (Å²) in [5, 5.41) is 11.4. The minimum Gasteiger partial charge on any atom is -0.481 e. The number of rotatable bonds is 6. The molecule has 18 heavy (non-hydrogen) atoms. The predicted molar refractivity (Wildman–Crippen MR) is 63.3 cm³/mol. The summed E-state index contributed by atoms with van der Waals surface area (Å²) in [6.45, 7) is 1.94. The first-order valence-corrected chi connectivity index (χ1v) is 5.64. The van der Waals surface area contributed by atoms with Crippen LogP contribution >= 0.6 is 0 Å². The molecule has 2 N–H and O–H groups in total. The number of carboxylic acids is 1. The molecule has 0 aliphatic heterocycles. The molecule has 0 aliphatic rings. The van der Waals surface area contributed by atoms with Crippen LogP contribution in [0.15, 0.2) is 27.6 Å². The Morgan fingerprint density at radius 1 is 1.44 bits per heavy atom. The summed E-state index contributed by atoms with van der Waals surface area (Å²) >= 11 is 0. The van der Waals surface area contributed by atoms with Gasteiger partial charge in [-0.25, -0.2) is 4.79 Å². The third-order valence-electron chi connectivity index (χ3n) is 2.46. The van der Waals surface area contributed by atoms with Crippen molar-refractivity contribution in [2.75, 3.05) is 6.54 Å². The van der Waals surface area contributed by atoms with Gasteiger partial charge in [-0.3, -0.25) is 9.59 Å². The van der Waals surface area contributed by atoms with Crippen LogP contribution in [0.25, 0.3) is 0 Å². The molecule has 0 radical (unpaired) electrons. The van der Waals surface area contributed by atoms with E-state index < -0.39 is 23.4 Å². The van der Waals surface area contributed by atoms with Crippen LogP contribution < -0.4 is 10.9 Å². The van der Waals surface area contributed by atoms with Crippen LogP contribution in [-0.2, 0) is 4.79 Å². The topological polar surface area (TPSA) is 96.6 Å². The first-order valence-electron chi connectivity index (χ1n) is 5.64. The molecular formula is C12H15NO5. The van der Waals surface area contributed by atoms with Gasteiger partial charge in [0.1, 0.15) is 6.26 Å². The molecule has 6 nitrogen and oxygen atoms in total. The number of carbonyl (C=O) groups is 2. The largest absolute Gasteiger partial charge is 0.481 e. The van der Waals surface area contributed by atoms with E-state index in [1.807, 2.05) is 6.92 Å². The number of hydrogen-bond donors (Lipinski definition) is 2. The molecule has 98 valence electrons. The molecule has 1 atom stereocenters. The Morgan fingerprint density at radius 3 is 2.67 bits per heavy atom. The molecule has 1 heterocycles. The van der Waals surface area contributed by atoms with E-state index in [1.165, 1.54) is 6.07 Å². The first kappa shape index (κ1) is 14.0. The third kappa shape index (κ3) is 4.04. The Hall–Kier alpha value is -2.11. The molecule has 0 saturated heterocycles. The Morgan fingerprint density at radius 2 is 2.17 bits per heavy atom. The van der Waals surface area contributed by atoms with Gasteiger partial charge in [0.05, 0.1) is 11.5 Å². The van der Waals surface area contributed by atoms with Gasteiger partial charge in [0.15, 0.2) is 0 Å². The van der Waals surface area contributed by atoms with Gasteiger partial charge >= 0.3 is 11.6 Å². The summed E-state index contributed by atoms with van der Waals surface area (Å²) in [6, 6.07) is 2.46. The van der Waals surface area contributed by atoms with Crippen LogP contribution in [0.1, 0.15) is 30.1 Å². The summed E-state index contributed by atoms with van der Waals surface area (Å²) < 4.78 is 4.55. The maximum Gasteiger partial charge on any atom is 0.335 e. The molecule has 0 bridgehead atoms. The van der Waals surface area contributed by atoms with E-state index in [0.717, 1.165) is 18.8 Å². The Kier molecular flexibility index (Phi) is 5.10. The molecule has 0 spiro atoms. The molecule has 1 rings (SSSR count). The summed E-state index contributed by atoms with van der Waals surface area (Å²) in [4.78, 5) is 33.2. The van der Waals surface area contributed by atoms with Gasteiger partial charge in [0.25, 0.3) is 5.91 Å². The van der Waals surface area contributed by atoms with Crippen molar-refractivity contribution >= 4 is 11.9 Å². The monoisotopic (exact) mass is 253 g/mol. The van der Waals surface area contributed by atoms with Crippen LogP contribution in [0.3, 0.4) is 0 Å². The minimum absolute atomic E-state index is 0.0567. The van der Waals surface area contributed by atoms with Gasteiger partial charge in [-0.15, -0.1) is 0 Å². The zero-order valence-corrected chi connectivity index (χ0v) is 10.0. The number of hydrogen-bond acceptors (Lipinski definition) is 4. The van der Waals surface area contributed by atoms with E-state index in [9.17, 15) is 14.4 Å². The standard InChI is InChI=1S/C12H15NO5/c1-2-3-8(12(16)17)6-13-11(15)9-4-5-10(14)18-7-9/h4-5,7-8H,2-3,6H2,1H3,(H,13,15)(H,16,17). The van der Waals surface area contributed by atoms with Crippen molar-refractivity contribution in [2.45, 2.75) is 19.8 Å². The highest BCUT2D eigenvalue weighted by atomic mass is 16.4. The molecule has 0 saturated carbocycles. The highest BCUT2D eigenvalue weighted by molar-refractivity contribution is 5.93. The zero-order chi connectivity index (χ0) is 13.5. The van der Waals surface area contributed by atoms with Gasteiger partial charge in [0, 0.05) is 12.6 Å². The fourth-order valence-corrected chi connectivity index (χ4v) is 1.47. The first-order chi connectivity index (χ1) is 8.54. The van der Waals surface area contributed by atoms with E-state index in [2.05, 4.69) is 9.73 Å². The molecule has 1 amide bonds. The van der Waals surface area contributed by atoms with E-state index in [0.29, 0.717) is 6.42 Å². The molecule has 0 aliphatic carbocycles. The smallest absolute Gasteiger partial charge is 0.335 e. The van der Waals surface area contributed by atoms with Crippen molar-refractivity contribution < 1.29 is 19.1 Å². The lowest BCUT2D eigenvalue weighted by Crippen LogP contribution is -2.33. The fourth-order valence-electron chi connectivity index (χ4n) is 1.47. The molecule has 0 aromatic carbocycles. The van der Waals surface area contributed by atoms with Crippen LogP contribution in [-0.4, -0.2) is 23.5 Å². The van der Waals surface area contributed by atoms with Crippen LogP contribution in [0, 0.1) is 5.92 Å². The lowest BCUT2D eigenvalue weighted by Gasteiger charge is -2.11. The summed E-state index contributed by atoms with van der Waals surface area (Å²) in [5.41, 5.74) is -0.351. The predicted octanol–water partition coefficient (Wildman–Crippen LogP) is 0.871. The van der Waals surface area contributed by atoms with Gasteiger partial charge in [-0.1, -0.05) is 13.3 Å². The SMILES string of the molecule is CCCC(CNC(=O)c1ccc(=O)oc1)C(=O)O. The maximum absolute atomic E-state index is 11.6. The summed E-state index contributed by atoms with van der Waals surface area (Å²) in [6.07, 6.45) is 2.28. The average molecular weight is 253 g/mol. The molecule has 1 aromatic heterocycles. The zero-order valence-electron chi connectivity index (χ0n) is 10.0. The number of amides is 1. The molecule has 1 unspecified atom stereocenters. The van der Waals surface area contributed by atoms with Crippen LogP contribution in [0.4, 0.5) is 0 Å². The normalized spacial score (nSPS) is 11.8. The molecule has 0 fully saturated rings. The third-order valence-corrected chi connectivity index (χ3v) is 2.46. The Bertz CT molecular complexity index is 459. The van der Waals surface area contributed by atoms with Gasteiger partial charge in [-0.05, 0) is 12.5 Å². The summed E-state index contributed by atoms with van der Waals surface area (Å²) in [5.74, 6) is -1.99. The Labute approximate surface area is 104 Å². The number of carboxylic acid groups (broad SMARTS) is 1. The number of carbonyl (C=O) groups excluding carboxylic acids is 1. The van der Waals surface area contributed by atoms with E-state index >= 15 is 0 Å². The van der Waals surface area contributed by atoms with Gasteiger partial charge in [-0.2, -0.15) is 0 Å². The second-order valence-electron chi connectivity index (χ2n) is 3.88. The average Bonchev–Trinajstić information content (AvgIpc) is 2.34. The number of aliphatic carboxylic acids is 1. The molecular weight excluding hydrogens is 238 g/mol. The highest BCUT2D eigenvalue weighted by Gasteiger charge is 2.17. The van der Waals surface area contributed by atoms with Crippen molar-refractivity contribution in [1.29, 1.82) is 0 Å². The molecule has 1 aromatic rings. The van der Waals surface area contributed by atoms with E-state index in [4.69, 9.17) is 5.11 Å². The van der Waals surface area contributed by atoms with Crippen molar-refractivity contribution in [1.82, 2.24) is 5.32 Å². The fraction of sp³-hybridized carbons (Fsp3) is 0.417. The van der Waals surface area contributed by atoms with Crippen LogP contribution in [0.2, 0.25) is 0 Å². The highest BCUT2D eigenvalue weighted by Crippen LogP contribution is 2.05. The second kappa shape index (κ2) is 6.58. The quantitative estimate of drug-likeness (QED) is 0.784. The van der Waals surface area contributed by atoms with Crippen molar-refractivity contribution in [2.24, 2.45) is 5.92 Å². The lowest BCUT2D eigenvalue weighted by atomic mass is 10.0. The van der Waals surface area contributed by atoms with E-state index in [-0.39, 0.29) is 12.1 Å². The number of nitrogens with one attached hydrogen (secondary N) is 1. The van der Waals surface area contributed by atoms with Crippen LogP contribution in [0.5, 0.6) is 0 Å². The Balaban J connectivity index is 2.57. The van der Waals surface area contributed by atoms with Gasteiger partial charge in [0.2, 0.25) is 0 Å². The van der Waals surface area contributed by atoms with Crippen molar-refractivity contribution in [3.63, 3.8) is 0 Å².